The zero-order valence-electron chi connectivity index (χ0n) is 8.96. The third-order valence-corrected chi connectivity index (χ3v) is 6.95. The summed E-state index contributed by atoms with van der Waals surface area (Å²) in [5, 5.41) is 3.07. The lowest BCUT2D eigenvalue weighted by atomic mass is 10.4. The minimum Gasteiger partial charge on any atom is -0.0922 e. The van der Waals surface area contributed by atoms with E-state index in [9.17, 15) is 0 Å². The Hall–Kier alpha value is -0.823. The summed E-state index contributed by atoms with van der Waals surface area (Å²) in [7, 11) is -1.32. The highest BCUT2D eigenvalue weighted by molar-refractivity contribution is 6.95. The summed E-state index contributed by atoms with van der Waals surface area (Å²) in [6.45, 7) is 9.18. The first kappa shape index (κ1) is 10.3. The van der Waals surface area contributed by atoms with E-state index in [-0.39, 0.29) is 0 Å². The molecule has 1 rings (SSSR count). The number of hydrogen-bond donors (Lipinski definition) is 0. The maximum Gasteiger partial charge on any atom is 0.106 e. The van der Waals surface area contributed by atoms with E-state index in [0.717, 1.165) is 0 Å². The molecule has 1 heteroatoms. The van der Waals surface area contributed by atoms with Gasteiger partial charge in [-0.25, -0.2) is 0 Å². The summed E-state index contributed by atoms with van der Waals surface area (Å²) < 4.78 is 0. The summed E-state index contributed by atoms with van der Waals surface area (Å²) in [6.07, 6.45) is 2.25. The van der Waals surface area contributed by atoms with E-state index in [0.29, 0.717) is 0 Å². The summed E-state index contributed by atoms with van der Waals surface area (Å²) in [4.78, 5) is 0. The van der Waals surface area contributed by atoms with Crippen LogP contribution in [0.3, 0.4) is 0 Å². The SMILES string of the molecule is C/C=C(\C)[Si](C)(C)c1ccccc1. The Bertz CT molecular complexity index is 296. The van der Waals surface area contributed by atoms with Gasteiger partial charge >= 0.3 is 0 Å². The molecule has 0 saturated heterocycles. The molecule has 0 bridgehead atoms. The lowest BCUT2D eigenvalue weighted by molar-refractivity contribution is 1.50. The molecule has 1 aromatic rings. The molecule has 0 saturated carbocycles. The quantitative estimate of drug-likeness (QED) is 0.629. The highest BCUT2D eigenvalue weighted by Gasteiger charge is 2.24. The van der Waals surface area contributed by atoms with Crippen molar-refractivity contribution in [2.45, 2.75) is 26.9 Å². The molecule has 0 spiro atoms. The second-order valence-corrected chi connectivity index (χ2v) is 8.58. The maximum atomic E-state index is 2.40. The summed E-state index contributed by atoms with van der Waals surface area (Å²) in [5.74, 6) is 0. The van der Waals surface area contributed by atoms with Crippen LogP contribution >= 0.6 is 0 Å². The van der Waals surface area contributed by atoms with Crippen LogP contribution in [-0.2, 0) is 0 Å². The molecule has 0 aliphatic rings. The molecule has 0 aliphatic carbocycles. The van der Waals surface area contributed by atoms with E-state index in [4.69, 9.17) is 0 Å². The fourth-order valence-corrected chi connectivity index (χ4v) is 3.65. The minimum absolute atomic E-state index is 1.32. The van der Waals surface area contributed by atoms with Crippen molar-refractivity contribution in [3.05, 3.63) is 41.6 Å². The molecular formula is C12H18Si. The van der Waals surface area contributed by atoms with E-state index in [1.165, 1.54) is 5.19 Å². The smallest absolute Gasteiger partial charge is 0.0922 e. The van der Waals surface area contributed by atoms with Crippen LogP contribution in [0, 0.1) is 0 Å². The first-order valence-corrected chi connectivity index (χ1v) is 7.78. The number of rotatable bonds is 2. The molecule has 0 N–H and O–H groups in total. The Balaban J connectivity index is 3.08. The van der Waals surface area contributed by atoms with Crippen LogP contribution < -0.4 is 5.19 Å². The number of hydrogen-bond acceptors (Lipinski definition) is 0. The Morgan fingerprint density at radius 1 is 1.15 bits per heavy atom. The molecule has 0 amide bonds. The van der Waals surface area contributed by atoms with Crippen LogP contribution in [0.4, 0.5) is 0 Å². The predicted molar refractivity (Wildman–Crippen MR) is 63.0 cm³/mol. The van der Waals surface area contributed by atoms with Crippen LogP contribution in [0.5, 0.6) is 0 Å². The number of allylic oxidation sites excluding steroid dienone is 2. The van der Waals surface area contributed by atoms with Crippen molar-refractivity contribution in [1.29, 1.82) is 0 Å². The van der Waals surface area contributed by atoms with Gasteiger partial charge in [-0.3, -0.25) is 0 Å². The first-order valence-electron chi connectivity index (χ1n) is 4.78. The van der Waals surface area contributed by atoms with Crippen LogP contribution in [0.25, 0.3) is 0 Å². The van der Waals surface area contributed by atoms with Gasteiger partial charge in [0, 0.05) is 0 Å². The lowest BCUT2D eigenvalue weighted by Gasteiger charge is -2.23. The molecule has 13 heavy (non-hydrogen) atoms. The summed E-state index contributed by atoms with van der Waals surface area (Å²) in [5.41, 5.74) is 0. The van der Waals surface area contributed by atoms with Crippen molar-refractivity contribution in [2.24, 2.45) is 0 Å². The second kappa shape index (κ2) is 3.92. The summed E-state index contributed by atoms with van der Waals surface area (Å²) >= 11 is 0. The third-order valence-electron chi connectivity index (χ3n) is 2.91. The van der Waals surface area contributed by atoms with Crippen LogP contribution in [0.2, 0.25) is 13.1 Å². The average molecular weight is 190 g/mol. The van der Waals surface area contributed by atoms with Crippen molar-refractivity contribution >= 4 is 13.3 Å². The van der Waals surface area contributed by atoms with Crippen molar-refractivity contribution in [3.63, 3.8) is 0 Å². The topological polar surface area (TPSA) is 0 Å². The summed E-state index contributed by atoms with van der Waals surface area (Å²) in [6, 6.07) is 10.8. The molecular weight excluding hydrogens is 172 g/mol. The molecule has 1 aromatic carbocycles. The van der Waals surface area contributed by atoms with Crippen molar-refractivity contribution in [3.8, 4) is 0 Å². The van der Waals surface area contributed by atoms with E-state index >= 15 is 0 Å². The molecule has 0 unspecified atom stereocenters. The molecule has 0 radical (unpaired) electrons. The standard InChI is InChI=1S/C12H18Si/c1-5-11(2)13(3,4)12-9-7-6-8-10-12/h5-10H,1-4H3/b11-5+. The van der Waals surface area contributed by atoms with E-state index in [1.807, 2.05) is 0 Å². The van der Waals surface area contributed by atoms with Gasteiger partial charge in [0.05, 0.1) is 0 Å². The van der Waals surface area contributed by atoms with E-state index < -0.39 is 8.07 Å². The lowest BCUT2D eigenvalue weighted by Crippen LogP contribution is -2.42. The Morgan fingerprint density at radius 3 is 2.15 bits per heavy atom. The minimum atomic E-state index is -1.32. The Labute approximate surface area is 82.3 Å². The Morgan fingerprint density at radius 2 is 1.69 bits per heavy atom. The van der Waals surface area contributed by atoms with Gasteiger partial charge in [0.1, 0.15) is 8.07 Å². The molecule has 0 heterocycles. The number of benzene rings is 1. The fourth-order valence-electron chi connectivity index (χ4n) is 1.44. The fraction of sp³-hybridized carbons (Fsp3) is 0.333. The van der Waals surface area contributed by atoms with E-state index in [2.05, 4.69) is 63.3 Å². The van der Waals surface area contributed by atoms with Crippen molar-refractivity contribution < 1.29 is 0 Å². The van der Waals surface area contributed by atoms with Gasteiger partial charge in [-0.2, -0.15) is 0 Å². The molecule has 70 valence electrons. The highest BCUT2D eigenvalue weighted by atomic mass is 28.3. The van der Waals surface area contributed by atoms with Gasteiger partial charge in [-0.15, -0.1) is 0 Å². The monoisotopic (exact) mass is 190 g/mol. The van der Waals surface area contributed by atoms with Gasteiger partial charge in [0.2, 0.25) is 0 Å². The molecule has 0 nitrogen and oxygen atoms in total. The maximum absolute atomic E-state index is 2.40. The normalized spacial score (nSPS) is 13.1. The van der Waals surface area contributed by atoms with Crippen molar-refractivity contribution in [1.82, 2.24) is 0 Å². The molecule has 0 aliphatic heterocycles. The molecule has 0 atom stereocenters. The van der Waals surface area contributed by atoms with Gasteiger partial charge < -0.3 is 0 Å². The molecule has 0 aromatic heterocycles. The van der Waals surface area contributed by atoms with Gasteiger partial charge in [0.15, 0.2) is 0 Å². The predicted octanol–water partition coefficient (Wildman–Crippen LogP) is 3.11. The van der Waals surface area contributed by atoms with Gasteiger partial charge in [-0.1, -0.05) is 59.9 Å². The Kier molecular flexibility index (Phi) is 3.10. The van der Waals surface area contributed by atoms with E-state index in [1.54, 1.807) is 5.20 Å². The highest BCUT2D eigenvalue weighted by Crippen LogP contribution is 2.13. The second-order valence-electron chi connectivity index (χ2n) is 3.96. The van der Waals surface area contributed by atoms with Gasteiger partial charge in [0.25, 0.3) is 0 Å². The zero-order valence-corrected chi connectivity index (χ0v) is 9.96. The van der Waals surface area contributed by atoms with Crippen LogP contribution in [0.15, 0.2) is 41.6 Å². The zero-order chi connectivity index (χ0) is 9.90. The van der Waals surface area contributed by atoms with Gasteiger partial charge in [-0.05, 0) is 13.8 Å². The largest absolute Gasteiger partial charge is 0.106 e. The molecule has 0 fully saturated rings. The van der Waals surface area contributed by atoms with Crippen LogP contribution in [-0.4, -0.2) is 8.07 Å². The van der Waals surface area contributed by atoms with Crippen LogP contribution in [0.1, 0.15) is 13.8 Å². The average Bonchev–Trinajstić information content (AvgIpc) is 2.18. The first-order chi connectivity index (χ1) is 6.09. The third kappa shape index (κ3) is 2.10. The van der Waals surface area contributed by atoms with Crippen molar-refractivity contribution in [2.75, 3.05) is 0 Å².